The molecule has 0 atom stereocenters. The summed E-state index contributed by atoms with van der Waals surface area (Å²) in [7, 11) is 0. The first kappa shape index (κ1) is 10.2. The summed E-state index contributed by atoms with van der Waals surface area (Å²) >= 11 is 0. The van der Waals surface area contributed by atoms with Gasteiger partial charge in [-0.05, 0) is 24.7 Å². The summed E-state index contributed by atoms with van der Waals surface area (Å²) < 4.78 is 0. The highest BCUT2D eigenvalue weighted by molar-refractivity contribution is 5.45. The first-order chi connectivity index (χ1) is 7.28. The standard InChI is InChI=1S/C10H17N5/c1-2-10(3-4-10)6-12-8-5-9(15-11)14-7-13-8/h5,7H,2-4,6,11H2,1H3,(H2,12,13,14,15). The lowest BCUT2D eigenvalue weighted by Crippen LogP contribution is -2.16. The molecule has 1 aromatic heterocycles. The van der Waals surface area contributed by atoms with Crippen LogP contribution in [-0.2, 0) is 0 Å². The van der Waals surface area contributed by atoms with E-state index in [1.54, 1.807) is 0 Å². The lowest BCUT2D eigenvalue weighted by atomic mass is 10.0. The Morgan fingerprint density at radius 3 is 2.73 bits per heavy atom. The molecule has 0 aromatic carbocycles. The van der Waals surface area contributed by atoms with Gasteiger partial charge in [-0.1, -0.05) is 6.92 Å². The van der Waals surface area contributed by atoms with E-state index in [1.807, 2.05) is 6.07 Å². The number of anilines is 2. The highest BCUT2D eigenvalue weighted by Gasteiger charge is 2.40. The van der Waals surface area contributed by atoms with Gasteiger partial charge in [0.1, 0.15) is 18.0 Å². The lowest BCUT2D eigenvalue weighted by molar-refractivity contribution is 0.520. The van der Waals surface area contributed by atoms with Crippen molar-refractivity contribution in [3.05, 3.63) is 12.4 Å². The Hall–Kier alpha value is -1.36. The SMILES string of the molecule is CCC1(CNc2cc(NN)ncn2)CC1. The van der Waals surface area contributed by atoms with Crippen LogP contribution < -0.4 is 16.6 Å². The highest BCUT2D eigenvalue weighted by Crippen LogP contribution is 2.48. The van der Waals surface area contributed by atoms with E-state index < -0.39 is 0 Å². The molecule has 1 saturated carbocycles. The molecule has 1 heterocycles. The molecule has 1 aromatic rings. The van der Waals surface area contributed by atoms with E-state index in [0.29, 0.717) is 11.2 Å². The minimum Gasteiger partial charge on any atom is -0.369 e. The third kappa shape index (κ3) is 2.36. The molecular formula is C10H17N5. The summed E-state index contributed by atoms with van der Waals surface area (Å²) in [5, 5.41) is 3.33. The average molecular weight is 207 g/mol. The maximum Gasteiger partial charge on any atom is 0.145 e. The van der Waals surface area contributed by atoms with Gasteiger partial charge < -0.3 is 10.7 Å². The molecule has 1 aliphatic rings. The Morgan fingerprint density at radius 1 is 1.40 bits per heavy atom. The first-order valence-corrected chi connectivity index (χ1v) is 5.30. The van der Waals surface area contributed by atoms with Crippen molar-refractivity contribution >= 4 is 11.6 Å². The summed E-state index contributed by atoms with van der Waals surface area (Å²) in [5.74, 6) is 6.74. The number of hydrogen-bond acceptors (Lipinski definition) is 5. The number of nitrogen functional groups attached to an aromatic ring is 1. The maximum absolute atomic E-state index is 5.27. The van der Waals surface area contributed by atoms with Gasteiger partial charge in [-0.2, -0.15) is 0 Å². The molecule has 4 N–H and O–H groups in total. The van der Waals surface area contributed by atoms with Crippen LogP contribution >= 0.6 is 0 Å². The molecule has 5 nitrogen and oxygen atoms in total. The molecule has 1 aliphatic carbocycles. The summed E-state index contributed by atoms with van der Waals surface area (Å²) in [6.07, 6.45) is 5.38. The number of nitrogens with two attached hydrogens (primary N) is 1. The van der Waals surface area contributed by atoms with Crippen molar-refractivity contribution in [2.45, 2.75) is 26.2 Å². The Balaban J connectivity index is 1.93. The van der Waals surface area contributed by atoms with Crippen molar-refractivity contribution in [2.24, 2.45) is 11.3 Å². The van der Waals surface area contributed by atoms with Crippen molar-refractivity contribution in [3.63, 3.8) is 0 Å². The third-order valence-corrected chi connectivity index (χ3v) is 3.17. The predicted octanol–water partition coefficient (Wildman–Crippen LogP) is 1.36. The Morgan fingerprint density at radius 2 is 2.13 bits per heavy atom. The van der Waals surface area contributed by atoms with Crippen LogP contribution in [0.1, 0.15) is 26.2 Å². The van der Waals surface area contributed by atoms with Crippen LogP contribution in [-0.4, -0.2) is 16.5 Å². The summed E-state index contributed by atoms with van der Waals surface area (Å²) in [5.41, 5.74) is 3.02. The predicted molar refractivity (Wildman–Crippen MR) is 60.3 cm³/mol. The summed E-state index contributed by atoms with van der Waals surface area (Å²) in [4.78, 5) is 8.09. The van der Waals surface area contributed by atoms with Gasteiger partial charge in [-0.15, -0.1) is 0 Å². The largest absolute Gasteiger partial charge is 0.369 e. The van der Waals surface area contributed by atoms with E-state index in [1.165, 1.54) is 25.6 Å². The van der Waals surface area contributed by atoms with Crippen LogP contribution in [0, 0.1) is 5.41 Å². The smallest absolute Gasteiger partial charge is 0.145 e. The molecule has 0 spiro atoms. The monoisotopic (exact) mass is 207 g/mol. The van der Waals surface area contributed by atoms with Crippen molar-refractivity contribution in [2.75, 3.05) is 17.3 Å². The number of hydrazine groups is 1. The fourth-order valence-corrected chi connectivity index (χ4v) is 1.64. The van der Waals surface area contributed by atoms with Crippen molar-refractivity contribution in [3.8, 4) is 0 Å². The van der Waals surface area contributed by atoms with Crippen LogP contribution in [0.15, 0.2) is 12.4 Å². The van der Waals surface area contributed by atoms with Crippen LogP contribution in [0.3, 0.4) is 0 Å². The molecule has 1 fully saturated rings. The van der Waals surface area contributed by atoms with Gasteiger partial charge in [0.25, 0.3) is 0 Å². The number of rotatable bonds is 5. The van der Waals surface area contributed by atoms with Gasteiger partial charge in [0.05, 0.1) is 0 Å². The molecule has 5 heteroatoms. The molecule has 2 rings (SSSR count). The average Bonchev–Trinajstić information content (AvgIpc) is 3.07. The van der Waals surface area contributed by atoms with Crippen molar-refractivity contribution < 1.29 is 0 Å². The molecule has 0 amide bonds. The molecule has 82 valence electrons. The van der Waals surface area contributed by atoms with Gasteiger partial charge in [0.15, 0.2) is 0 Å². The molecule has 0 aliphatic heterocycles. The van der Waals surface area contributed by atoms with Crippen molar-refractivity contribution in [1.82, 2.24) is 9.97 Å². The molecule has 15 heavy (non-hydrogen) atoms. The van der Waals surface area contributed by atoms with Gasteiger partial charge in [0.2, 0.25) is 0 Å². The van der Waals surface area contributed by atoms with Crippen LogP contribution in [0.2, 0.25) is 0 Å². The number of hydrogen-bond donors (Lipinski definition) is 3. The number of aromatic nitrogens is 2. The van der Waals surface area contributed by atoms with E-state index in [-0.39, 0.29) is 0 Å². The van der Waals surface area contributed by atoms with E-state index in [4.69, 9.17) is 5.84 Å². The number of nitrogens with one attached hydrogen (secondary N) is 2. The fraction of sp³-hybridized carbons (Fsp3) is 0.600. The third-order valence-electron chi connectivity index (χ3n) is 3.17. The lowest BCUT2D eigenvalue weighted by Gasteiger charge is -2.13. The Bertz CT molecular complexity index is 334. The van der Waals surface area contributed by atoms with Crippen LogP contribution in [0.4, 0.5) is 11.6 Å². The molecule has 0 bridgehead atoms. The second-order valence-electron chi connectivity index (χ2n) is 4.14. The zero-order chi connectivity index (χ0) is 10.7. The second kappa shape index (κ2) is 4.02. The molecule has 0 saturated heterocycles. The maximum atomic E-state index is 5.27. The van der Waals surface area contributed by atoms with Gasteiger partial charge in [-0.25, -0.2) is 15.8 Å². The minimum atomic E-state index is 0.515. The summed E-state index contributed by atoms with van der Waals surface area (Å²) in [6.45, 7) is 3.23. The quantitative estimate of drug-likeness (QED) is 0.502. The molecular weight excluding hydrogens is 190 g/mol. The fourth-order valence-electron chi connectivity index (χ4n) is 1.64. The van der Waals surface area contributed by atoms with E-state index in [2.05, 4.69) is 27.6 Å². The van der Waals surface area contributed by atoms with Crippen LogP contribution in [0.5, 0.6) is 0 Å². The van der Waals surface area contributed by atoms with Crippen LogP contribution in [0.25, 0.3) is 0 Å². The minimum absolute atomic E-state index is 0.515. The van der Waals surface area contributed by atoms with Gasteiger partial charge >= 0.3 is 0 Å². The zero-order valence-corrected chi connectivity index (χ0v) is 8.95. The Labute approximate surface area is 89.5 Å². The van der Waals surface area contributed by atoms with Gasteiger partial charge in [0, 0.05) is 12.6 Å². The molecule has 0 unspecified atom stereocenters. The molecule has 0 radical (unpaired) electrons. The second-order valence-corrected chi connectivity index (χ2v) is 4.14. The van der Waals surface area contributed by atoms with E-state index >= 15 is 0 Å². The van der Waals surface area contributed by atoms with E-state index in [9.17, 15) is 0 Å². The van der Waals surface area contributed by atoms with E-state index in [0.717, 1.165) is 12.4 Å². The Kier molecular flexibility index (Phi) is 2.73. The topological polar surface area (TPSA) is 75.9 Å². The number of nitrogens with zero attached hydrogens (tertiary/aromatic N) is 2. The first-order valence-electron chi connectivity index (χ1n) is 5.30. The van der Waals surface area contributed by atoms with Gasteiger partial charge in [-0.3, -0.25) is 0 Å². The highest BCUT2D eigenvalue weighted by atomic mass is 15.3. The zero-order valence-electron chi connectivity index (χ0n) is 8.95. The normalized spacial score (nSPS) is 17.2. The van der Waals surface area contributed by atoms with Crippen molar-refractivity contribution in [1.29, 1.82) is 0 Å². The summed E-state index contributed by atoms with van der Waals surface area (Å²) in [6, 6.07) is 1.81.